The zero-order chi connectivity index (χ0) is 17.9. The summed E-state index contributed by atoms with van der Waals surface area (Å²) in [7, 11) is 0. The fourth-order valence-electron chi connectivity index (χ4n) is 2.56. The number of aromatic nitrogens is 4. The number of carbonyl (C=O) groups is 1. The van der Waals surface area contributed by atoms with Crippen molar-refractivity contribution in [2.75, 3.05) is 5.32 Å². The third-order valence-electron chi connectivity index (χ3n) is 3.79. The second kappa shape index (κ2) is 6.89. The van der Waals surface area contributed by atoms with Crippen molar-refractivity contribution in [3.8, 4) is 21.8 Å². The highest BCUT2D eigenvalue weighted by Crippen LogP contribution is 2.24. The van der Waals surface area contributed by atoms with Crippen LogP contribution in [0.25, 0.3) is 21.8 Å². The lowest BCUT2D eigenvalue weighted by Gasteiger charge is -2.06. The van der Waals surface area contributed by atoms with Crippen molar-refractivity contribution in [3.05, 3.63) is 71.6 Å². The number of benzene rings is 1. The number of aromatic amines is 1. The summed E-state index contributed by atoms with van der Waals surface area (Å²) in [5.41, 5.74) is 3.58. The van der Waals surface area contributed by atoms with Crippen LogP contribution in [0.3, 0.4) is 0 Å². The van der Waals surface area contributed by atoms with Gasteiger partial charge in [-0.05, 0) is 42.6 Å². The smallest absolute Gasteiger partial charge is 0.276 e. The molecule has 128 valence electrons. The molecule has 0 unspecified atom stereocenters. The lowest BCUT2D eigenvalue weighted by atomic mass is 10.1. The summed E-state index contributed by atoms with van der Waals surface area (Å²) >= 11 is 1.59. The van der Waals surface area contributed by atoms with E-state index in [1.165, 1.54) is 0 Å². The number of aryl methyl sites for hydroxylation is 1. The number of carbonyl (C=O) groups excluding carboxylic acids is 1. The van der Waals surface area contributed by atoms with Crippen molar-refractivity contribution in [3.63, 3.8) is 0 Å². The van der Waals surface area contributed by atoms with Crippen LogP contribution in [0.15, 0.2) is 60.1 Å². The Balaban J connectivity index is 1.54. The van der Waals surface area contributed by atoms with Gasteiger partial charge in [-0.1, -0.05) is 18.2 Å². The zero-order valence-corrected chi connectivity index (χ0v) is 14.7. The molecule has 0 fully saturated rings. The van der Waals surface area contributed by atoms with E-state index in [-0.39, 0.29) is 5.91 Å². The van der Waals surface area contributed by atoms with Crippen molar-refractivity contribution in [2.24, 2.45) is 0 Å². The Morgan fingerprint density at radius 3 is 2.88 bits per heavy atom. The van der Waals surface area contributed by atoms with Crippen molar-refractivity contribution >= 4 is 22.9 Å². The van der Waals surface area contributed by atoms with Gasteiger partial charge in [0.1, 0.15) is 5.82 Å². The van der Waals surface area contributed by atoms with Gasteiger partial charge in [-0.25, -0.2) is 9.97 Å². The summed E-state index contributed by atoms with van der Waals surface area (Å²) in [6, 6.07) is 15.1. The summed E-state index contributed by atoms with van der Waals surface area (Å²) in [5, 5.41) is 11.9. The molecular formula is C19H15N5OS. The predicted molar refractivity (Wildman–Crippen MR) is 102 cm³/mol. The lowest BCUT2D eigenvalue weighted by Crippen LogP contribution is -2.12. The molecule has 0 radical (unpaired) electrons. The van der Waals surface area contributed by atoms with Gasteiger partial charge in [-0.2, -0.15) is 5.10 Å². The maximum absolute atomic E-state index is 12.5. The molecule has 3 heterocycles. The SMILES string of the molecule is Cc1nccc(-c2cccc(NC(=O)c3cc(-c4cccs4)[nH]n3)c2)n1. The van der Waals surface area contributed by atoms with Crippen molar-refractivity contribution in [1.29, 1.82) is 0 Å². The molecule has 1 aromatic carbocycles. The van der Waals surface area contributed by atoms with E-state index in [4.69, 9.17) is 0 Å². The molecular weight excluding hydrogens is 346 g/mol. The topological polar surface area (TPSA) is 83.6 Å². The Labute approximate surface area is 154 Å². The second-order valence-corrected chi connectivity index (χ2v) is 6.62. The zero-order valence-electron chi connectivity index (χ0n) is 13.9. The van der Waals surface area contributed by atoms with Crippen molar-refractivity contribution < 1.29 is 4.79 Å². The Bertz CT molecular complexity index is 1060. The fourth-order valence-corrected chi connectivity index (χ4v) is 3.26. The third-order valence-corrected chi connectivity index (χ3v) is 4.69. The largest absolute Gasteiger partial charge is 0.321 e. The Morgan fingerprint density at radius 1 is 1.15 bits per heavy atom. The van der Waals surface area contributed by atoms with Crippen LogP contribution in [0, 0.1) is 6.92 Å². The van der Waals surface area contributed by atoms with Crippen LogP contribution < -0.4 is 5.32 Å². The first kappa shape index (κ1) is 16.2. The van der Waals surface area contributed by atoms with E-state index in [9.17, 15) is 4.79 Å². The predicted octanol–water partition coefficient (Wildman–Crippen LogP) is 4.16. The number of amides is 1. The Kier molecular flexibility index (Phi) is 4.28. The third kappa shape index (κ3) is 3.38. The quantitative estimate of drug-likeness (QED) is 0.572. The Hall–Kier alpha value is -3.32. The van der Waals surface area contributed by atoms with Crippen LogP contribution in [-0.4, -0.2) is 26.1 Å². The number of anilines is 1. The Morgan fingerprint density at radius 2 is 2.08 bits per heavy atom. The van der Waals surface area contributed by atoms with E-state index in [0.717, 1.165) is 21.8 Å². The molecule has 0 aliphatic carbocycles. The number of thiophene rings is 1. The number of nitrogens with zero attached hydrogens (tertiary/aromatic N) is 3. The minimum Gasteiger partial charge on any atom is -0.321 e. The number of rotatable bonds is 4. The van der Waals surface area contributed by atoms with E-state index >= 15 is 0 Å². The molecule has 0 spiro atoms. The number of H-pyrrole nitrogens is 1. The van der Waals surface area contributed by atoms with Gasteiger partial charge in [0.15, 0.2) is 5.69 Å². The van der Waals surface area contributed by atoms with Crippen LogP contribution in [-0.2, 0) is 0 Å². The molecule has 4 rings (SSSR count). The second-order valence-electron chi connectivity index (χ2n) is 5.67. The summed E-state index contributed by atoms with van der Waals surface area (Å²) in [5.74, 6) is 0.439. The first-order chi connectivity index (χ1) is 12.7. The number of hydrogen-bond donors (Lipinski definition) is 2. The summed E-state index contributed by atoms with van der Waals surface area (Å²) < 4.78 is 0. The van der Waals surface area contributed by atoms with Crippen LogP contribution >= 0.6 is 11.3 Å². The monoisotopic (exact) mass is 361 g/mol. The molecule has 0 aliphatic heterocycles. The first-order valence-corrected chi connectivity index (χ1v) is 8.88. The highest BCUT2D eigenvalue weighted by Gasteiger charge is 2.12. The van der Waals surface area contributed by atoms with Gasteiger partial charge in [0.05, 0.1) is 16.3 Å². The number of nitrogens with one attached hydrogen (secondary N) is 2. The van der Waals surface area contributed by atoms with Crippen molar-refractivity contribution in [1.82, 2.24) is 20.2 Å². The average Bonchev–Trinajstić information content (AvgIpc) is 3.33. The van der Waals surface area contributed by atoms with Gasteiger partial charge >= 0.3 is 0 Å². The van der Waals surface area contributed by atoms with E-state index in [1.54, 1.807) is 23.6 Å². The van der Waals surface area contributed by atoms with Gasteiger partial charge in [0, 0.05) is 17.4 Å². The molecule has 26 heavy (non-hydrogen) atoms. The molecule has 1 amide bonds. The normalized spacial score (nSPS) is 10.7. The molecule has 4 aromatic rings. The van der Waals surface area contributed by atoms with Gasteiger partial charge in [0.25, 0.3) is 5.91 Å². The first-order valence-electron chi connectivity index (χ1n) is 8.00. The van der Waals surface area contributed by atoms with Gasteiger partial charge < -0.3 is 5.32 Å². The summed E-state index contributed by atoms with van der Waals surface area (Å²) in [6.45, 7) is 1.85. The minimum atomic E-state index is -0.264. The van der Waals surface area contributed by atoms with Gasteiger partial charge in [-0.15, -0.1) is 11.3 Å². The van der Waals surface area contributed by atoms with Crippen LogP contribution in [0.4, 0.5) is 5.69 Å². The van der Waals surface area contributed by atoms with Crippen LogP contribution in [0.5, 0.6) is 0 Å². The van der Waals surface area contributed by atoms with E-state index in [1.807, 2.05) is 54.8 Å². The van der Waals surface area contributed by atoms with Gasteiger partial charge in [-0.3, -0.25) is 9.89 Å². The van der Waals surface area contributed by atoms with Crippen molar-refractivity contribution in [2.45, 2.75) is 6.92 Å². The highest BCUT2D eigenvalue weighted by molar-refractivity contribution is 7.13. The van der Waals surface area contributed by atoms with E-state index in [2.05, 4.69) is 25.5 Å². The maximum Gasteiger partial charge on any atom is 0.276 e. The minimum absolute atomic E-state index is 0.264. The standard InChI is InChI=1S/C19H15N5OS/c1-12-20-8-7-15(21-12)13-4-2-5-14(10-13)22-19(25)17-11-16(23-24-17)18-6-3-9-26-18/h2-11H,1H3,(H,22,25)(H,23,24). The molecule has 0 aliphatic rings. The molecule has 3 aromatic heterocycles. The molecule has 0 bridgehead atoms. The van der Waals surface area contributed by atoms with Crippen LogP contribution in [0.1, 0.15) is 16.3 Å². The summed E-state index contributed by atoms with van der Waals surface area (Å²) in [6.07, 6.45) is 1.72. The lowest BCUT2D eigenvalue weighted by molar-refractivity contribution is 0.102. The molecule has 2 N–H and O–H groups in total. The highest BCUT2D eigenvalue weighted by atomic mass is 32.1. The molecule has 0 saturated heterocycles. The van der Waals surface area contributed by atoms with Crippen LogP contribution in [0.2, 0.25) is 0 Å². The number of hydrogen-bond acceptors (Lipinski definition) is 5. The maximum atomic E-state index is 12.5. The molecule has 0 saturated carbocycles. The summed E-state index contributed by atoms with van der Waals surface area (Å²) in [4.78, 5) is 22.0. The fraction of sp³-hybridized carbons (Fsp3) is 0.0526. The van der Waals surface area contributed by atoms with E-state index < -0.39 is 0 Å². The van der Waals surface area contributed by atoms with Gasteiger partial charge in [0.2, 0.25) is 0 Å². The molecule has 0 atom stereocenters. The molecule has 7 heteroatoms. The average molecular weight is 361 g/mol. The molecule has 6 nitrogen and oxygen atoms in total. The van der Waals surface area contributed by atoms with E-state index in [0.29, 0.717) is 17.2 Å².